The third-order valence-corrected chi connectivity index (χ3v) is 9.16. The maximum absolute atomic E-state index is 14.5. The maximum atomic E-state index is 14.5. The Labute approximate surface area is 265 Å². The van der Waals surface area contributed by atoms with Gasteiger partial charge in [0.25, 0.3) is 5.91 Å². The van der Waals surface area contributed by atoms with E-state index in [1.54, 1.807) is 6.92 Å². The normalized spacial score (nSPS) is 19.4. The lowest BCUT2D eigenvalue weighted by Gasteiger charge is -2.44. The average molecular weight is 638 g/mol. The van der Waals surface area contributed by atoms with Gasteiger partial charge in [0.05, 0.1) is 12.6 Å². The van der Waals surface area contributed by atoms with Gasteiger partial charge in [-0.25, -0.2) is 8.78 Å². The van der Waals surface area contributed by atoms with Crippen molar-refractivity contribution in [2.24, 2.45) is 0 Å². The number of hydrogen-bond acceptors (Lipinski definition) is 4. The lowest BCUT2D eigenvalue weighted by molar-refractivity contribution is -0.132. The molecule has 3 aromatic rings. The van der Waals surface area contributed by atoms with Crippen LogP contribution in [0, 0.1) is 17.5 Å². The zero-order valence-corrected chi connectivity index (χ0v) is 25.8. The highest BCUT2D eigenvalue weighted by atomic mass is 35.5. The van der Waals surface area contributed by atoms with Crippen LogP contribution in [0.5, 0.6) is 5.75 Å². The van der Waals surface area contributed by atoms with Crippen LogP contribution < -0.4 is 10.1 Å². The van der Waals surface area contributed by atoms with Gasteiger partial charge < -0.3 is 19.9 Å². The van der Waals surface area contributed by atoms with Crippen LogP contribution in [0.3, 0.4) is 0 Å². The second-order valence-electron chi connectivity index (χ2n) is 12.0. The Bertz CT molecular complexity index is 1630. The second kappa shape index (κ2) is 13.3. The number of halogens is 4. The summed E-state index contributed by atoms with van der Waals surface area (Å²) in [6.07, 6.45) is 3.53. The van der Waals surface area contributed by atoms with Gasteiger partial charge in [-0.05, 0) is 72.6 Å². The largest absolute Gasteiger partial charge is 0.488 e. The van der Waals surface area contributed by atoms with Crippen LogP contribution in [0.2, 0.25) is 5.02 Å². The molecule has 2 bridgehead atoms. The molecular formula is C35H35ClF3N3O3. The molecule has 0 radical (unpaired) electrons. The summed E-state index contributed by atoms with van der Waals surface area (Å²) < 4.78 is 46.4. The summed E-state index contributed by atoms with van der Waals surface area (Å²) in [5.41, 5.74) is 4.51. The molecule has 1 saturated heterocycles. The van der Waals surface area contributed by atoms with Gasteiger partial charge in [-0.2, -0.15) is 4.39 Å². The summed E-state index contributed by atoms with van der Waals surface area (Å²) >= 11 is 6.50. The van der Waals surface area contributed by atoms with Crippen LogP contribution in [-0.4, -0.2) is 59.4 Å². The van der Waals surface area contributed by atoms with Gasteiger partial charge in [0.1, 0.15) is 0 Å². The standard InChI is InChI=1S/C35H35ClF3N3O3/c1-21(43)41-19-25-17-27(23-10-8-22(9-11-23)5-4-16-45-34-30(38)15-14-29(37)33(34)39)32(31(20-41)40-25)35(44)42(26-12-13-26)18-24-6-2-3-7-28(24)36/h2-3,6-11,14-15,25-26,31,40H,4-5,12-13,16-20H2,1H3. The molecule has 0 aromatic heterocycles. The summed E-state index contributed by atoms with van der Waals surface area (Å²) in [4.78, 5) is 30.6. The van der Waals surface area contributed by atoms with E-state index < -0.39 is 23.2 Å². The minimum Gasteiger partial charge on any atom is -0.488 e. The van der Waals surface area contributed by atoms with E-state index in [-0.39, 0.29) is 36.5 Å². The van der Waals surface area contributed by atoms with Crippen molar-refractivity contribution in [1.82, 2.24) is 15.1 Å². The molecule has 0 spiro atoms. The van der Waals surface area contributed by atoms with E-state index in [1.165, 1.54) is 0 Å². The molecule has 3 aromatic carbocycles. The quantitative estimate of drug-likeness (QED) is 0.209. The Hall–Kier alpha value is -3.82. The minimum absolute atomic E-state index is 0.00641. The molecule has 3 aliphatic rings. The van der Waals surface area contributed by atoms with E-state index in [1.807, 2.05) is 58.3 Å². The first-order valence-corrected chi connectivity index (χ1v) is 15.7. The number of piperazine rings is 1. The monoisotopic (exact) mass is 637 g/mol. The number of hydrogen-bond donors (Lipinski definition) is 1. The molecule has 1 N–H and O–H groups in total. The van der Waals surface area contributed by atoms with E-state index in [0.717, 1.165) is 47.2 Å². The Balaban J connectivity index is 1.23. The molecule has 1 saturated carbocycles. The molecule has 2 aliphatic heterocycles. The molecule has 236 valence electrons. The molecule has 2 heterocycles. The average Bonchev–Trinajstić information content (AvgIpc) is 3.87. The van der Waals surface area contributed by atoms with Crippen LogP contribution in [-0.2, 0) is 22.6 Å². The van der Waals surface area contributed by atoms with Gasteiger partial charge in [-0.3, -0.25) is 9.59 Å². The molecule has 2 fully saturated rings. The predicted octanol–water partition coefficient (Wildman–Crippen LogP) is 6.31. The van der Waals surface area contributed by atoms with Crippen molar-refractivity contribution in [3.8, 4) is 5.75 Å². The molecule has 2 unspecified atom stereocenters. The fourth-order valence-electron chi connectivity index (χ4n) is 6.31. The van der Waals surface area contributed by atoms with Crippen LogP contribution >= 0.6 is 11.6 Å². The first-order chi connectivity index (χ1) is 21.7. The molecule has 6 nitrogen and oxygen atoms in total. The van der Waals surface area contributed by atoms with E-state index >= 15 is 0 Å². The van der Waals surface area contributed by atoms with Crippen molar-refractivity contribution in [2.45, 2.75) is 63.7 Å². The van der Waals surface area contributed by atoms with E-state index in [9.17, 15) is 22.8 Å². The number of ether oxygens (including phenoxy) is 1. The summed E-state index contributed by atoms with van der Waals surface area (Å²) in [5.74, 6) is -4.18. The van der Waals surface area contributed by atoms with Crippen LogP contribution in [0.1, 0.15) is 49.3 Å². The molecule has 6 rings (SSSR count). The van der Waals surface area contributed by atoms with Gasteiger partial charge in [0.2, 0.25) is 11.7 Å². The van der Waals surface area contributed by atoms with E-state index in [4.69, 9.17) is 16.3 Å². The highest BCUT2D eigenvalue weighted by molar-refractivity contribution is 6.31. The number of rotatable bonds is 10. The fourth-order valence-corrected chi connectivity index (χ4v) is 6.50. The highest BCUT2D eigenvalue weighted by Gasteiger charge is 2.43. The molecule has 1 aliphatic carbocycles. The van der Waals surface area contributed by atoms with Crippen molar-refractivity contribution in [3.05, 3.63) is 105 Å². The van der Waals surface area contributed by atoms with E-state index in [0.29, 0.717) is 49.5 Å². The number of carbonyl (C=O) groups excluding carboxylic acids is 2. The predicted molar refractivity (Wildman–Crippen MR) is 166 cm³/mol. The summed E-state index contributed by atoms with van der Waals surface area (Å²) in [5, 5.41) is 4.24. The smallest absolute Gasteiger partial charge is 0.252 e. The third-order valence-electron chi connectivity index (χ3n) is 8.79. The van der Waals surface area contributed by atoms with E-state index in [2.05, 4.69) is 5.32 Å². The van der Waals surface area contributed by atoms with Gasteiger partial charge >= 0.3 is 0 Å². The Kier molecular flexibility index (Phi) is 9.19. The van der Waals surface area contributed by atoms with Crippen molar-refractivity contribution in [1.29, 1.82) is 0 Å². The van der Waals surface area contributed by atoms with Crippen molar-refractivity contribution in [3.63, 3.8) is 0 Å². The second-order valence-corrected chi connectivity index (χ2v) is 12.4. The van der Waals surface area contributed by atoms with Gasteiger partial charge in [-0.15, -0.1) is 0 Å². The fraction of sp³-hybridized carbons (Fsp3) is 0.371. The highest BCUT2D eigenvalue weighted by Crippen LogP contribution is 2.38. The Morgan fingerprint density at radius 1 is 1.00 bits per heavy atom. The topological polar surface area (TPSA) is 61.9 Å². The first kappa shape index (κ1) is 31.2. The number of nitrogens with one attached hydrogen (secondary N) is 1. The lowest BCUT2D eigenvalue weighted by atomic mass is 9.82. The number of benzene rings is 3. The maximum Gasteiger partial charge on any atom is 0.252 e. The van der Waals surface area contributed by atoms with Gasteiger partial charge in [-0.1, -0.05) is 54.1 Å². The zero-order chi connectivity index (χ0) is 31.7. The summed E-state index contributed by atoms with van der Waals surface area (Å²) in [6, 6.07) is 17.0. The number of nitrogens with zero attached hydrogens (tertiary/aromatic N) is 2. The summed E-state index contributed by atoms with van der Waals surface area (Å²) in [6.45, 7) is 3.00. The molecule has 2 amide bonds. The van der Waals surface area contributed by atoms with Crippen LogP contribution in [0.4, 0.5) is 13.2 Å². The minimum atomic E-state index is -1.33. The molecule has 2 atom stereocenters. The molecule has 10 heteroatoms. The zero-order valence-electron chi connectivity index (χ0n) is 25.0. The Morgan fingerprint density at radius 2 is 1.73 bits per heavy atom. The number of carbonyl (C=O) groups is 2. The van der Waals surface area contributed by atoms with Gasteiger partial charge in [0, 0.05) is 49.2 Å². The number of aryl methyl sites for hydroxylation is 1. The van der Waals surface area contributed by atoms with Crippen LogP contribution in [0.25, 0.3) is 5.57 Å². The number of fused-ring (bicyclic) bond motifs is 2. The van der Waals surface area contributed by atoms with Crippen molar-refractivity contribution in [2.75, 3.05) is 19.7 Å². The lowest BCUT2D eigenvalue weighted by Crippen LogP contribution is -2.61. The number of amides is 2. The van der Waals surface area contributed by atoms with Crippen LogP contribution in [0.15, 0.2) is 66.2 Å². The molecule has 45 heavy (non-hydrogen) atoms. The van der Waals surface area contributed by atoms with Crippen molar-refractivity contribution >= 4 is 29.0 Å². The summed E-state index contributed by atoms with van der Waals surface area (Å²) in [7, 11) is 0. The molecular weight excluding hydrogens is 603 g/mol. The third kappa shape index (κ3) is 6.89. The van der Waals surface area contributed by atoms with Gasteiger partial charge in [0.15, 0.2) is 17.4 Å². The first-order valence-electron chi connectivity index (χ1n) is 15.3. The van der Waals surface area contributed by atoms with Crippen molar-refractivity contribution < 1.29 is 27.5 Å². The Morgan fingerprint density at radius 3 is 2.44 bits per heavy atom. The SMILES string of the molecule is CC(=O)N1CC2CC(c3ccc(CCCOc4c(F)ccc(F)c4F)cc3)=C(C(=O)N(Cc3ccccc3Cl)C3CC3)C(C1)N2.